The molecule has 1 unspecified atom stereocenters. The van der Waals surface area contributed by atoms with Crippen molar-refractivity contribution in [2.24, 2.45) is 5.92 Å². The fourth-order valence-corrected chi connectivity index (χ4v) is 1.94. The van der Waals surface area contributed by atoms with Gasteiger partial charge in [0.15, 0.2) is 0 Å². The lowest BCUT2D eigenvalue weighted by Crippen LogP contribution is -2.39. The minimum atomic E-state index is -0.107. The first-order valence-corrected chi connectivity index (χ1v) is 6.24. The molecule has 1 N–H and O–H groups in total. The Labute approximate surface area is 99.3 Å². The molecule has 0 spiro atoms. The molecule has 4 nitrogen and oxygen atoms in total. The molecule has 0 aliphatic carbocycles. The van der Waals surface area contributed by atoms with Gasteiger partial charge in [0.25, 0.3) is 0 Å². The van der Waals surface area contributed by atoms with Crippen molar-refractivity contribution in [2.45, 2.75) is 40.3 Å². The topological polar surface area (TPSA) is 51.1 Å². The third-order valence-corrected chi connectivity index (χ3v) is 3.55. The number of thiazole rings is 1. The molecule has 1 rings (SSSR count). The highest BCUT2D eigenvalue weighted by molar-refractivity contribution is 7.07. The van der Waals surface area contributed by atoms with Crippen LogP contribution in [0.1, 0.15) is 26.5 Å². The van der Waals surface area contributed by atoms with Crippen molar-refractivity contribution in [1.82, 2.24) is 9.88 Å². The minimum Gasteiger partial charge on any atom is -0.352 e. The number of amides is 1. The molecule has 0 aromatic carbocycles. The van der Waals surface area contributed by atoms with Crippen LogP contribution in [-0.4, -0.2) is 16.5 Å². The Hall–Kier alpha value is -1.10. The van der Waals surface area contributed by atoms with Crippen molar-refractivity contribution in [3.63, 3.8) is 0 Å². The third-order valence-electron chi connectivity index (χ3n) is 2.67. The summed E-state index contributed by atoms with van der Waals surface area (Å²) in [5, 5.41) is 4.64. The molecule has 90 valence electrons. The molecule has 16 heavy (non-hydrogen) atoms. The molecule has 0 aliphatic heterocycles. The molecule has 1 aromatic heterocycles. The standard InChI is InChI=1S/C11H18N2O2S/c1-7(2)9(4)12-10(14)5-13-8(3)6-16-11(13)15/h6-7,9H,5H2,1-4H3,(H,12,14). The number of hydrogen-bond acceptors (Lipinski definition) is 3. The van der Waals surface area contributed by atoms with E-state index in [0.717, 1.165) is 17.0 Å². The van der Waals surface area contributed by atoms with Gasteiger partial charge in [0, 0.05) is 17.1 Å². The number of aromatic nitrogens is 1. The van der Waals surface area contributed by atoms with Crippen LogP contribution in [0.5, 0.6) is 0 Å². The highest BCUT2D eigenvalue weighted by atomic mass is 32.1. The van der Waals surface area contributed by atoms with Crippen molar-refractivity contribution in [2.75, 3.05) is 0 Å². The number of nitrogens with zero attached hydrogens (tertiary/aromatic N) is 1. The van der Waals surface area contributed by atoms with Crippen LogP contribution in [0.15, 0.2) is 10.2 Å². The second kappa shape index (κ2) is 5.30. The zero-order valence-electron chi connectivity index (χ0n) is 10.1. The number of hydrogen-bond donors (Lipinski definition) is 1. The Morgan fingerprint density at radius 2 is 2.12 bits per heavy atom. The summed E-state index contributed by atoms with van der Waals surface area (Å²) in [7, 11) is 0. The Balaban J connectivity index is 2.62. The van der Waals surface area contributed by atoms with E-state index in [2.05, 4.69) is 5.32 Å². The predicted molar refractivity (Wildman–Crippen MR) is 65.8 cm³/mol. The summed E-state index contributed by atoms with van der Waals surface area (Å²) in [6.45, 7) is 8.01. The maximum absolute atomic E-state index is 11.7. The number of nitrogens with one attached hydrogen (secondary N) is 1. The van der Waals surface area contributed by atoms with Crippen LogP contribution in [0.2, 0.25) is 0 Å². The molecule has 0 fully saturated rings. The van der Waals surface area contributed by atoms with Gasteiger partial charge in [-0.05, 0) is 19.8 Å². The summed E-state index contributed by atoms with van der Waals surface area (Å²) < 4.78 is 1.49. The van der Waals surface area contributed by atoms with Crippen LogP contribution in [0.4, 0.5) is 0 Å². The van der Waals surface area contributed by atoms with Gasteiger partial charge in [-0.15, -0.1) is 0 Å². The summed E-state index contributed by atoms with van der Waals surface area (Å²) in [5.74, 6) is 0.286. The van der Waals surface area contributed by atoms with Gasteiger partial charge in [-0.2, -0.15) is 0 Å². The molecule has 5 heteroatoms. The fourth-order valence-electron chi connectivity index (χ4n) is 1.21. The normalized spacial score (nSPS) is 12.8. The lowest BCUT2D eigenvalue weighted by molar-refractivity contribution is -0.122. The number of carbonyl (C=O) groups is 1. The van der Waals surface area contributed by atoms with E-state index < -0.39 is 0 Å². The van der Waals surface area contributed by atoms with Crippen LogP contribution in [0.3, 0.4) is 0 Å². The molecule has 0 saturated carbocycles. The van der Waals surface area contributed by atoms with Gasteiger partial charge in [-0.25, -0.2) is 0 Å². The van der Waals surface area contributed by atoms with E-state index in [4.69, 9.17) is 0 Å². The second-order valence-corrected chi connectivity index (χ2v) is 5.15. The van der Waals surface area contributed by atoms with Crippen LogP contribution < -0.4 is 10.2 Å². The second-order valence-electron chi connectivity index (χ2n) is 4.33. The van der Waals surface area contributed by atoms with E-state index in [9.17, 15) is 9.59 Å². The van der Waals surface area contributed by atoms with E-state index >= 15 is 0 Å². The molecule has 1 atom stereocenters. The first-order valence-electron chi connectivity index (χ1n) is 5.36. The van der Waals surface area contributed by atoms with E-state index in [-0.39, 0.29) is 23.4 Å². The largest absolute Gasteiger partial charge is 0.352 e. The molecule has 1 heterocycles. The van der Waals surface area contributed by atoms with Crippen LogP contribution in [0.25, 0.3) is 0 Å². The minimum absolute atomic E-state index is 0.0788. The monoisotopic (exact) mass is 242 g/mol. The maximum atomic E-state index is 11.7. The SMILES string of the molecule is Cc1csc(=O)n1CC(=O)NC(C)C(C)C. The average molecular weight is 242 g/mol. The third kappa shape index (κ3) is 3.20. The van der Waals surface area contributed by atoms with Crippen molar-refractivity contribution >= 4 is 17.2 Å². The van der Waals surface area contributed by atoms with E-state index in [1.165, 1.54) is 4.57 Å². The maximum Gasteiger partial charge on any atom is 0.307 e. The molecule has 1 aromatic rings. The van der Waals surface area contributed by atoms with Gasteiger partial charge in [0.2, 0.25) is 5.91 Å². The summed E-state index contributed by atoms with van der Waals surface area (Å²) in [6.07, 6.45) is 0. The van der Waals surface area contributed by atoms with Crippen molar-refractivity contribution in [3.8, 4) is 0 Å². The van der Waals surface area contributed by atoms with Crippen molar-refractivity contribution < 1.29 is 4.79 Å². The molecular weight excluding hydrogens is 224 g/mol. The molecule has 0 saturated heterocycles. The molecule has 1 amide bonds. The van der Waals surface area contributed by atoms with E-state index in [1.54, 1.807) is 5.38 Å². The summed E-state index contributed by atoms with van der Waals surface area (Å²) in [4.78, 5) is 23.0. The fraction of sp³-hybridized carbons (Fsp3) is 0.636. The van der Waals surface area contributed by atoms with E-state index in [1.807, 2.05) is 27.7 Å². The van der Waals surface area contributed by atoms with Crippen molar-refractivity contribution in [1.29, 1.82) is 0 Å². The van der Waals surface area contributed by atoms with Crippen LogP contribution in [0, 0.1) is 12.8 Å². The Morgan fingerprint density at radius 3 is 2.56 bits per heavy atom. The summed E-state index contributed by atoms with van der Waals surface area (Å²) in [6, 6.07) is 0.127. The van der Waals surface area contributed by atoms with Gasteiger partial charge >= 0.3 is 4.87 Å². The highest BCUT2D eigenvalue weighted by Gasteiger charge is 2.12. The quantitative estimate of drug-likeness (QED) is 0.867. The lowest BCUT2D eigenvalue weighted by Gasteiger charge is -2.17. The average Bonchev–Trinajstić information content (AvgIpc) is 2.49. The zero-order chi connectivity index (χ0) is 12.3. The Bertz CT molecular complexity index is 420. The van der Waals surface area contributed by atoms with Gasteiger partial charge in [0.05, 0.1) is 0 Å². The molecular formula is C11H18N2O2S. The Morgan fingerprint density at radius 1 is 1.50 bits per heavy atom. The first-order chi connectivity index (χ1) is 7.41. The number of aryl methyl sites for hydroxylation is 1. The highest BCUT2D eigenvalue weighted by Crippen LogP contribution is 2.01. The van der Waals surface area contributed by atoms with Gasteiger partial charge in [0.1, 0.15) is 6.54 Å². The summed E-state index contributed by atoms with van der Waals surface area (Å²) >= 11 is 1.13. The van der Waals surface area contributed by atoms with Gasteiger partial charge in [-0.3, -0.25) is 14.2 Å². The Kier molecular flexibility index (Phi) is 4.29. The lowest BCUT2D eigenvalue weighted by atomic mass is 10.1. The molecule has 0 bridgehead atoms. The van der Waals surface area contributed by atoms with Crippen molar-refractivity contribution in [3.05, 3.63) is 20.7 Å². The van der Waals surface area contributed by atoms with Crippen LogP contribution >= 0.6 is 11.3 Å². The number of carbonyl (C=O) groups excluding carboxylic acids is 1. The van der Waals surface area contributed by atoms with Gasteiger partial charge < -0.3 is 5.32 Å². The molecule has 0 radical (unpaired) electrons. The zero-order valence-corrected chi connectivity index (χ0v) is 10.9. The summed E-state index contributed by atoms with van der Waals surface area (Å²) in [5.41, 5.74) is 0.836. The van der Waals surface area contributed by atoms with Gasteiger partial charge in [-0.1, -0.05) is 25.2 Å². The molecule has 0 aliphatic rings. The van der Waals surface area contributed by atoms with E-state index in [0.29, 0.717) is 5.92 Å². The smallest absolute Gasteiger partial charge is 0.307 e. The number of rotatable bonds is 4. The van der Waals surface area contributed by atoms with Crippen LogP contribution in [-0.2, 0) is 11.3 Å². The first kappa shape index (κ1) is 13.0. The predicted octanol–water partition coefficient (Wildman–Crippen LogP) is 1.38.